The lowest BCUT2D eigenvalue weighted by Gasteiger charge is -2.33. The van der Waals surface area contributed by atoms with E-state index in [2.05, 4.69) is 22.4 Å². The minimum atomic E-state index is -0.0176. The van der Waals surface area contributed by atoms with E-state index < -0.39 is 0 Å². The molecule has 3 rings (SSSR count). The zero-order chi connectivity index (χ0) is 18.4. The molecule has 3 N–H and O–H groups in total. The standard InChI is InChI=1S/C19H32N4O3/c1-2-11-25-16-12-14(7-8-15(16)20)18(24)21-10-9-17-22-19(26-23-17)13-5-3-4-6-13/h13-16H,2-12,20H2,1H3,(H,21,24)/t14-,15+,16+/m0/s1. The van der Waals surface area contributed by atoms with Crippen LogP contribution in [-0.2, 0) is 16.0 Å². The summed E-state index contributed by atoms with van der Waals surface area (Å²) in [5, 5.41) is 7.07. The Morgan fingerprint density at radius 1 is 1.31 bits per heavy atom. The molecule has 2 saturated carbocycles. The SMILES string of the molecule is CCCO[C@@H]1C[C@@H](C(=O)NCCc2noc(C3CCCC3)n2)CC[C@H]1N. The number of hydrogen-bond acceptors (Lipinski definition) is 6. The second kappa shape index (κ2) is 9.46. The summed E-state index contributed by atoms with van der Waals surface area (Å²) in [7, 11) is 0. The molecular weight excluding hydrogens is 332 g/mol. The normalized spacial score (nSPS) is 26.9. The second-order valence-corrected chi connectivity index (χ2v) is 7.65. The Kier molecular flexibility index (Phi) is 7.02. The van der Waals surface area contributed by atoms with Crippen molar-refractivity contribution in [3.63, 3.8) is 0 Å². The minimum absolute atomic E-state index is 0.00868. The van der Waals surface area contributed by atoms with Crippen molar-refractivity contribution in [3.8, 4) is 0 Å². The molecule has 0 aliphatic heterocycles. The monoisotopic (exact) mass is 364 g/mol. The molecule has 0 unspecified atom stereocenters. The molecule has 7 nitrogen and oxygen atoms in total. The van der Waals surface area contributed by atoms with Gasteiger partial charge < -0.3 is 20.3 Å². The zero-order valence-electron chi connectivity index (χ0n) is 15.8. The van der Waals surface area contributed by atoms with E-state index in [1.54, 1.807) is 0 Å². The van der Waals surface area contributed by atoms with Gasteiger partial charge in [0.25, 0.3) is 0 Å². The number of nitrogens with one attached hydrogen (secondary N) is 1. The molecule has 2 aliphatic rings. The van der Waals surface area contributed by atoms with Gasteiger partial charge >= 0.3 is 0 Å². The lowest BCUT2D eigenvalue weighted by molar-refractivity contribution is -0.128. The molecule has 3 atom stereocenters. The topological polar surface area (TPSA) is 103 Å². The van der Waals surface area contributed by atoms with Gasteiger partial charge in [0, 0.05) is 37.5 Å². The van der Waals surface area contributed by atoms with Crippen LogP contribution in [0.3, 0.4) is 0 Å². The first-order valence-electron chi connectivity index (χ1n) is 10.1. The van der Waals surface area contributed by atoms with E-state index >= 15 is 0 Å². The first-order chi connectivity index (χ1) is 12.7. The van der Waals surface area contributed by atoms with Gasteiger partial charge in [-0.05, 0) is 38.5 Å². The number of ether oxygens (including phenoxy) is 1. The highest BCUT2D eigenvalue weighted by Gasteiger charge is 2.32. The van der Waals surface area contributed by atoms with Crippen LogP contribution < -0.4 is 11.1 Å². The molecule has 26 heavy (non-hydrogen) atoms. The zero-order valence-corrected chi connectivity index (χ0v) is 15.8. The summed E-state index contributed by atoms with van der Waals surface area (Å²) in [5.74, 6) is 1.94. The summed E-state index contributed by atoms with van der Waals surface area (Å²) in [5.41, 5.74) is 6.13. The summed E-state index contributed by atoms with van der Waals surface area (Å²) in [4.78, 5) is 16.9. The van der Waals surface area contributed by atoms with Gasteiger partial charge in [0.1, 0.15) is 0 Å². The number of nitrogens with zero attached hydrogens (tertiary/aromatic N) is 2. The average Bonchev–Trinajstić information content (AvgIpc) is 3.32. The summed E-state index contributed by atoms with van der Waals surface area (Å²) in [6.45, 7) is 3.31. The average molecular weight is 364 g/mol. The maximum Gasteiger partial charge on any atom is 0.229 e. The maximum atomic E-state index is 12.5. The van der Waals surface area contributed by atoms with Crippen molar-refractivity contribution in [2.24, 2.45) is 11.7 Å². The molecular formula is C19H32N4O3. The third kappa shape index (κ3) is 5.04. The van der Waals surface area contributed by atoms with E-state index in [0.717, 1.165) is 38.0 Å². The molecule has 7 heteroatoms. The van der Waals surface area contributed by atoms with Crippen molar-refractivity contribution in [1.82, 2.24) is 15.5 Å². The van der Waals surface area contributed by atoms with Crippen LogP contribution in [0.15, 0.2) is 4.52 Å². The third-order valence-electron chi connectivity index (χ3n) is 5.59. The minimum Gasteiger partial charge on any atom is -0.377 e. The highest BCUT2D eigenvalue weighted by atomic mass is 16.5. The number of carbonyl (C=O) groups is 1. The van der Waals surface area contributed by atoms with Crippen molar-refractivity contribution >= 4 is 5.91 Å². The van der Waals surface area contributed by atoms with E-state index in [1.165, 1.54) is 12.8 Å². The van der Waals surface area contributed by atoms with Gasteiger partial charge in [0.05, 0.1) is 6.10 Å². The quantitative estimate of drug-likeness (QED) is 0.734. The Balaban J connectivity index is 1.41. The Hall–Kier alpha value is -1.47. The van der Waals surface area contributed by atoms with Gasteiger partial charge in [-0.2, -0.15) is 4.98 Å². The first kappa shape index (κ1) is 19.3. The van der Waals surface area contributed by atoms with Crippen LogP contribution in [0.5, 0.6) is 0 Å². The largest absolute Gasteiger partial charge is 0.377 e. The van der Waals surface area contributed by atoms with Crippen LogP contribution in [0.25, 0.3) is 0 Å². The molecule has 0 radical (unpaired) electrons. The van der Waals surface area contributed by atoms with Crippen molar-refractivity contribution in [1.29, 1.82) is 0 Å². The Morgan fingerprint density at radius 3 is 2.88 bits per heavy atom. The van der Waals surface area contributed by atoms with Crippen molar-refractivity contribution < 1.29 is 14.1 Å². The van der Waals surface area contributed by atoms with E-state index in [-0.39, 0.29) is 24.0 Å². The molecule has 0 saturated heterocycles. The molecule has 1 aromatic rings. The van der Waals surface area contributed by atoms with Gasteiger partial charge in [-0.3, -0.25) is 4.79 Å². The Morgan fingerprint density at radius 2 is 2.12 bits per heavy atom. The van der Waals surface area contributed by atoms with Crippen LogP contribution in [0.4, 0.5) is 0 Å². The van der Waals surface area contributed by atoms with Gasteiger partial charge in [-0.25, -0.2) is 0 Å². The number of aromatic nitrogens is 2. The molecule has 0 aromatic carbocycles. The summed E-state index contributed by atoms with van der Waals surface area (Å²) >= 11 is 0. The summed E-state index contributed by atoms with van der Waals surface area (Å²) in [6.07, 6.45) is 8.70. The lowest BCUT2D eigenvalue weighted by Crippen LogP contribution is -2.46. The number of amides is 1. The van der Waals surface area contributed by atoms with Crippen LogP contribution in [-0.4, -0.2) is 41.3 Å². The van der Waals surface area contributed by atoms with E-state index in [4.69, 9.17) is 15.0 Å². The Labute approximate surface area is 155 Å². The van der Waals surface area contributed by atoms with Crippen LogP contribution in [0, 0.1) is 5.92 Å². The van der Waals surface area contributed by atoms with Gasteiger partial charge in [-0.15, -0.1) is 0 Å². The first-order valence-corrected chi connectivity index (χ1v) is 10.1. The molecule has 2 aliphatic carbocycles. The smallest absolute Gasteiger partial charge is 0.229 e. The fourth-order valence-corrected chi connectivity index (χ4v) is 4.00. The second-order valence-electron chi connectivity index (χ2n) is 7.65. The van der Waals surface area contributed by atoms with Crippen molar-refractivity contribution in [2.75, 3.05) is 13.2 Å². The number of hydrogen-bond donors (Lipinski definition) is 2. The summed E-state index contributed by atoms with van der Waals surface area (Å²) in [6, 6.07) is 0.0407. The Bertz CT molecular complexity index is 571. The molecule has 146 valence electrons. The highest BCUT2D eigenvalue weighted by Crippen LogP contribution is 2.32. The number of rotatable bonds is 8. The number of nitrogens with two attached hydrogens (primary N) is 1. The maximum absolute atomic E-state index is 12.5. The van der Waals surface area contributed by atoms with Gasteiger partial charge in [0.2, 0.25) is 11.8 Å². The van der Waals surface area contributed by atoms with E-state index in [1.807, 2.05) is 0 Å². The molecule has 2 fully saturated rings. The van der Waals surface area contributed by atoms with E-state index in [0.29, 0.717) is 37.7 Å². The molecule has 1 heterocycles. The van der Waals surface area contributed by atoms with Gasteiger partial charge in [-0.1, -0.05) is 24.9 Å². The summed E-state index contributed by atoms with van der Waals surface area (Å²) < 4.78 is 11.2. The van der Waals surface area contributed by atoms with Crippen LogP contribution >= 0.6 is 0 Å². The highest BCUT2D eigenvalue weighted by molar-refractivity contribution is 5.78. The predicted octanol–water partition coefficient (Wildman–Crippen LogP) is 2.31. The third-order valence-corrected chi connectivity index (χ3v) is 5.59. The molecule has 0 bridgehead atoms. The van der Waals surface area contributed by atoms with Crippen molar-refractivity contribution in [3.05, 3.63) is 11.7 Å². The lowest BCUT2D eigenvalue weighted by atomic mass is 9.83. The molecule has 1 amide bonds. The molecule has 0 spiro atoms. The molecule has 1 aromatic heterocycles. The fourth-order valence-electron chi connectivity index (χ4n) is 4.00. The fraction of sp³-hybridized carbons (Fsp3) is 0.842. The van der Waals surface area contributed by atoms with Crippen molar-refractivity contribution in [2.45, 2.75) is 82.8 Å². The van der Waals surface area contributed by atoms with Crippen LogP contribution in [0.1, 0.15) is 75.9 Å². The predicted molar refractivity (Wildman–Crippen MR) is 97.6 cm³/mol. The number of carbonyl (C=O) groups excluding carboxylic acids is 1. The van der Waals surface area contributed by atoms with E-state index in [9.17, 15) is 4.79 Å². The van der Waals surface area contributed by atoms with Gasteiger partial charge in [0.15, 0.2) is 5.82 Å². The van der Waals surface area contributed by atoms with Crippen LogP contribution in [0.2, 0.25) is 0 Å².